The maximum Gasteiger partial charge on any atom is 0.319 e. The van der Waals surface area contributed by atoms with E-state index < -0.39 is 0 Å². The summed E-state index contributed by atoms with van der Waals surface area (Å²) in [6, 6.07) is 12.8. The standard InChI is InChI=1S/C17H16ClN5O/c18-16-6-5-14(10-19-16)11-20-17(24)22-15-4-1-3-13(9-15)12-23-8-2-7-21-23/h1-10H,11-12H2,(H2,20,22,24). The van der Waals surface area contributed by atoms with E-state index in [2.05, 4.69) is 20.7 Å². The van der Waals surface area contributed by atoms with Crippen LogP contribution in [0.2, 0.25) is 5.15 Å². The minimum absolute atomic E-state index is 0.277. The van der Waals surface area contributed by atoms with E-state index in [9.17, 15) is 4.79 Å². The Morgan fingerprint density at radius 1 is 1.17 bits per heavy atom. The molecule has 24 heavy (non-hydrogen) atoms. The summed E-state index contributed by atoms with van der Waals surface area (Å²) >= 11 is 5.73. The number of pyridine rings is 1. The van der Waals surface area contributed by atoms with Crippen molar-refractivity contribution in [2.75, 3.05) is 5.32 Å². The van der Waals surface area contributed by atoms with E-state index in [0.29, 0.717) is 18.2 Å². The zero-order valence-corrected chi connectivity index (χ0v) is 13.6. The third-order valence-electron chi connectivity index (χ3n) is 3.33. The molecule has 0 saturated carbocycles. The highest BCUT2D eigenvalue weighted by molar-refractivity contribution is 6.29. The molecule has 0 aliphatic heterocycles. The molecule has 3 rings (SSSR count). The van der Waals surface area contributed by atoms with E-state index in [1.165, 1.54) is 0 Å². The first-order valence-corrected chi connectivity index (χ1v) is 7.78. The van der Waals surface area contributed by atoms with E-state index in [1.807, 2.05) is 47.3 Å². The average Bonchev–Trinajstić information content (AvgIpc) is 3.08. The van der Waals surface area contributed by atoms with Crippen molar-refractivity contribution < 1.29 is 4.79 Å². The summed E-state index contributed by atoms with van der Waals surface area (Å²) in [5.74, 6) is 0. The number of hydrogen-bond donors (Lipinski definition) is 2. The van der Waals surface area contributed by atoms with Crippen LogP contribution in [0.3, 0.4) is 0 Å². The molecular weight excluding hydrogens is 326 g/mol. The predicted octanol–water partition coefficient (Wildman–Crippen LogP) is 3.30. The van der Waals surface area contributed by atoms with Crippen molar-refractivity contribution in [2.24, 2.45) is 0 Å². The fourth-order valence-corrected chi connectivity index (χ4v) is 2.31. The Labute approximate surface area is 144 Å². The van der Waals surface area contributed by atoms with Crippen molar-refractivity contribution in [3.05, 3.63) is 77.3 Å². The number of hydrogen-bond acceptors (Lipinski definition) is 3. The summed E-state index contributed by atoms with van der Waals surface area (Å²) in [6.45, 7) is 1.03. The molecule has 2 aromatic heterocycles. The molecule has 0 bridgehead atoms. The molecule has 0 fully saturated rings. The van der Waals surface area contributed by atoms with Crippen LogP contribution >= 0.6 is 11.6 Å². The van der Waals surface area contributed by atoms with Crippen molar-refractivity contribution in [1.29, 1.82) is 0 Å². The summed E-state index contributed by atoms with van der Waals surface area (Å²) in [6.07, 6.45) is 5.27. The van der Waals surface area contributed by atoms with Gasteiger partial charge in [0.25, 0.3) is 0 Å². The van der Waals surface area contributed by atoms with Gasteiger partial charge in [-0.15, -0.1) is 0 Å². The number of anilines is 1. The maximum atomic E-state index is 12.0. The van der Waals surface area contributed by atoms with Gasteiger partial charge < -0.3 is 10.6 Å². The molecule has 1 aromatic carbocycles. The number of aromatic nitrogens is 3. The van der Waals surface area contributed by atoms with Gasteiger partial charge in [-0.1, -0.05) is 29.8 Å². The van der Waals surface area contributed by atoms with Gasteiger partial charge in [0.15, 0.2) is 0 Å². The second-order valence-electron chi connectivity index (χ2n) is 5.20. The van der Waals surface area contributed by atoms with Gasteiger partial charge in [0.2, 0.25) is 0 Å². The molecule has 6 nitrogen and oxygen atoms in total. The quantitative estimate of drug-likeness (QED) is 0.699. The van der Waals surface area contributed by atoms with E-state index >= 15 is 0 Å². The van der Waals surface area contributed by atoms with Gasteiger partial charge in [0.1, 0.15) is 5.15 Å². The molecule has 2 N–H and O–H groups in total. The summed E-state index contributed by atoms with van der Waals surface area (Å²) in [7, 11) is 0. The average molecular weight is 342 g/mol. The van der Waals surface area contributed by atoms with Crippen molar-refractivity contribution in [1.82, 2.24) is 20.1 Å². The monoisotopic (exact) mass is 341 g/mol. The van der Waals surface area contributed by atoms with Gasteiger partial charge in [-0.3, -0.25) is 4.68 Å². The molecule has 122 valence electrons. The van der Waals surface area contributed by atoms with Crippen LogP contribution in [-0.4, -0.2) is 20.8 Å². The van der Waals surface area contributed by atoms with Gasteiger partial charge in [0, 0.05) is 30.8 Å². The first kappa shape index (κ1) is 16.0. The van der Waals surface area contributed by atoms with Crippen molar-refractivity contribution in [3.63, 3.8) is 0 Å². The lowest BCUT2D eigenvalue weighted by Crippen LogP contribution is -2.28. The second kappa shape index (κ2) is 7.61. The van der Waals surface area contributed by atoms with Gasteiger partial charge >= 0.3 is 6.03 Å². The molecule has 3 aromatic rings. The lowest BCUT2D eigenvalue weighted by molar-refractivity contribution is 0.251. The Morgan fingerprint density at radius 2 is 2.08 bits per heavy atom. The fraction of sp³-hybridized carbons (Fsp3) is 0.118. The number of amides is 2. The Hall–Kier alpha value is -2.86. The Kier molecular flexibility index (Phi) is 5.08. The van der Waals surface area contributed by atoms with Gasteiger partial charge in [-0.05, 0) is 35.4 Å². The van der Waals surface area contributed by atoms with Crippen LogP contribution < -0.4 is 10.6 Å². The first-order chi connectivity index (χ1) is 11.7. The predicted molar refractivity (Wildman–Crippen MR) is 92.9 cm³/mol. The number of carbonyl (C=O) groups is 1. The largest absolute Gasteiger partial charge is 0.334 e. The summed E-state index contributed by atoms with van der Waals surface area (Å²) in [5.41, 5.74) is 2.66. The van der Waals surface area contributed by atoms with E-state index in [0.717, 1.165) is 16.8 Å². The highest BCUT2D eigenvalue weighted by Crippen LogP contribution is 2.12. The summed E-state index contributed by atoms with van der Waals surface area (Å²) < 4.78 is 1.83. The van der Waals surface area contributed by atoms with Crippen molar-refractivity contribution in [3.8, 4) is 0 Å². The minimum Gasteiger partial charge on any atom is -0.334 e. The molecular formula is C17H16ClN5O. The molecule has 0 spiro atoms. The number of nitrogens with zero attached hydrogens (tertiary/aromatic N) is 3. The second-order valence-corrected chi connectivity index (χ2v) is 5.59. The minimum atomic E-state index is -0.277. The van der Waals surface area contributed by atoms with Crippen LogP contribution in [-0.2, 0) is 13.1 Å². The van der Waals surface area contributed by atoms with Crippen LogP contribution in [0.15, 0.2) is 61.1 Å². The molecule has 0 saturated heterocycles. The summed E-state index contributed by atoms with van der Waals surface area (Å²) in [5, 5.41) is 10.2. The van der Waals surface area contributed by atoms with E-state index in [4.69, 9.17) is 11.6 Å². The highest BCUT2D eigenvalue weighted by atomic mass is 35.5. The maximum absolute atomic E-state index is 12.0. The number of nitrogens with one attached hydrogen (secondary N) is 2. The van der Waals surface area contributed by atoms with Gasteiger partial charge in [-0.25, -0.2) is 9.78 Å². The Balaban J connectivity index is 1.55. The van der Waals surface area contributed by atoms with Crippen LogP contribution in [0.25, 0.3) is 0 Å². The van der Waals surface area contributed by atoms with Gasteiger partial charge in [-0.2, -0.15) is 5.10 Å². The molecule has 0 aliphatic carbocycles. The number of carbonyl (C=O) groups excluding carboxylic acids is 1. The van der Waals surface area contributed by atoms with Crippen molar-refractivity contribution in [2.45, 2.75) is 13.1 Å². The van der Waals surface area contributed by atoms with Crippen LogP contribution in [0.4, 0.5) is 10.5 Å². The molecule has 0 unspecified atom stereocenters. The lowest BCUT2D eigenvalue weighted by Gasteiger charge is -2.09. The SMILES string of the molecule is O=C(NCc1ccc(Cl)nc1)Nc1cccc(Cn2cccn2)c1. The number of urea groups is 1. The third-order valence-corrected chi connectivity index (χ3v) is 3.55. The zero-order valence-electron chi connectivity index (χ0n) is 12.8. The molecule has 0 radical (unpaired) electrons. The van der Waals surface area contributed by atoms with E-state index in [-0.39, 0.29) is 6.03 Å². The lowest BCUT2D eigenvalue weighted by atomic mass is 10.2. The normalized spacial score (nSPS) is 10.4. The Bertz CT molecular complexity index is 802. The fourth-order valence-electron chi connectivity index (χ4n) is 2.20. The molecule has 2 heterocycles. The highest BCUT2D eigenvalue weighted by Gasteiger charge is 2.03. The van der Waals surface area contributed by atoms with Crippen molar-refractivity contribution >= 4 is 23.3 Å². The number of halogens is 1. The smallest absolute Gasteiger partial charge is 0.319 e. The van der Waals surface area contributed by atoms with Crippen LogP contribution in [0.1, 0.15) is 11.1 Å². The summed E-state index contributed by atoms with van der Waals surface area (Å²) in [4.78, 5) is 16.0. The van der Waals surface area contributed by atoms with Crippen LogP contribution in [0.5, 0.6) is 0 Å². The zero-order chi connectivity index (χ0) is 16.8. The van der Waals surface area contributed by atoms with E-state index in [1.54, 1.807) is 18.5 Å². The molecule has 0 aliphatic rings. The Morgan fingerprint density at radius 3 is 2.83 bits per heavy atom. The number of rotatable bonds is 5. The molecule has 2 amide bonds. The number of benzene rings is 1. The molecule has 7 heteroatoms. The van der Waals surface area contributed by atoms with Gasteiger partial charge in [0.05, 0.1) is 6.54 Å². The first-order valence-electron chi connectivity index (χ1n) is 7.41. The molecule has 0 atom stereocenters. The third kappa shape index (κ3) is 4.57. The topological polar surface area (TPSA) is 71.8 Å². The van der Waals surface area contributed by atoms with Crippen LogP contribution in [0, 0.1) is 0 Å².